The Balaban J connectivity index is 0.000000175. The summed E-state index contributed by atoms with van der Waals surface area (Å²) in [6.45, 7) is 16.6. The lowest BCUT2D eigenvalue weighted by Gasteiger charge is -2.37. The van der Waals surface area contributed by atoms with Crippen LogP contribution in [0.4, 0.5) is 21.5 Å². The van der Waals surface area contributed by atoms with Gasteiger partial charge in [-0.1, -0.05) is 19.3 Å². The number of halogens is 1. The van der Waals surface area contributed by atoms with E-state index in [1.807, 2.05) is 59.7 Å². The number of methoxy groups -OCH3 is 2. The molecule has 3 aromatic carbocycles. The van der Waals surface area contributed by atoms with Gasteiger partial charge >= 0.3 is 17.9 Å². The highest BCUT2D eigenvalue weighted by atomic mass is 32.2. The van der Waals surface area contributed by atoms with Gasteiger partial charge in [-0.05, 0) is 149 Å². The summed E-state index contributed by atoms with van der Waals surface area (Å²) >= 11 is 4.76. The maximum absolute atomic E-state index is 14.7. The minimum Gasteiger partial charge on any atom is -0.496 e. The normalized spacial score (nSPS) is 24.8. The summed E-state index contributed by atoms with van der Waals surface area (Å²) in [5.74, 6) is 3.31. The summed E-state index contributed by atoms with van der Waals surface area (Å²) in [5, 5.41) is 24.7. The third kappa shape index (κ3) is 15.3. The van der Waals surface area contributed by atoms with Crippen molar-refractivity contribution in [2.75, 3.05) is 37.2 Å². The van der Waals surface area contributed by atoms with Crippen LogP contribution in [0.3, 0.4) is 0 Å². The highest BCUT2D eigenvalue weighted by Crippen LogP contribution is 2.56. The number of thioether (sulfide) groups is 3. The highest BCUT2D eigenvalue weighted by Gasteiger charge is 2.51. The number of carbonyl (C=O) groups is 3. The number of nitrogens with zero attached hydrogens (tertiary/aromatic N) is 5. The molecule has 0 amide bonds. The Morgan fingerprint density at radius 2 is 0.901 bits per heavy atom. The van der Waals surface area contributed by atoms with Crippen LogP contribution < -0.4 is 15.2 Å². The van der Waals surface area contributed by atoms with Crippen molar-refractivity contribution in [1.29, 1.82) is 0 Å². The average molecular weight is 1180 g/mol. The van der Waals surface area contributed by atoms with Gasteiger partial charge in [0.05, 0.1) is 75.1 Å². The number of non-ortho nitro benzene ring substituents is 2. The van der Waals surface area contributed by atoms with E-state index >= 15 is 0 Å². The summed E-state index contributed by atoms with van der Waals surface area (Å²) in [4.78, 5) is 73.2. The number of benzene rings is 3. The van der Waals surface area contributed by atoms with E-state index < -0.39 is 43.5 Å². The van der Waals surface area contributed by atoms with Crippen LogP contribution in [-0.2, 0) is 45.2 Å². The van der Waals surface area contributed by atoms with Crippen molar-refractivity contribution in [1.82, 2.24) is 0 Å². The number of ether oxygens (including phenoxy) is 5. The molecular weight excluding hydrogens is 1100 g/mol. The summed E-state index contributed by atoms with van der Waals surface area (Å²) < 4.78 is 42.1. The van der Waals surface area contributed by atoms with Crippen molar-refractivity contribution in [3.05, 3.63) is 97.3 Å². The molecular formula is C59H77FN6O12S3. The summed E-state index contributed by atoms with van der Waals surface area (Å²) in [5.41, 5.74) is 5.34. The van der Waals surface area contributed by atoms with Crippen LogP contribution in [0.2, 0.25) is 0 Å². The van der Waals surface area contributed by atoms with Crippen molar-refractivity contribution < 1.29 is 52.3 Å². The molecule has 6 aliphatic rings. The Bertz CT molecular complexity index is 2970. The van der Waals surface area contributed by atoms with Gasteiger partial charge in [0.1, 0.15) is 34.1 Å². The maximum Gasteiger partial charge on any atom is 0.312 e. The number of hydrogen-bond donors (Lipinski definition) is 1. The zero-order valence-corrected chi connectivity index (χ0v) is 50.8. The molecule has 3 fully saturated rings. The van der Waals surface area contributed by atoms with Crippen LogP contribution in [-0.4, -0.2) is 91.2 Å². The van der Waals surface area contributed by atoms with Gasteiger partial charge in [-0.2, -0.15) is 0 Å². The number of nitrogens with two attached hydrogens (primary N) is 1. The van der Waals surface area contributed by atoms with Crippen molar-refractivity contribution in [3.8, 4) is 11.5 Å². The molecule has 0 spiro atoms. The number of nitro benzene ring substituents is 2. The van der Waals surface area contributed by atoms with Crippen molar-refractivity contribution in [2.45, 2.75) is 173 Å². The first-order chi connectivity index (χ1) is 38.0. The topological polar surface area (TPSA) is 247 Å². The second kappa shape index (κ2) is 25.4. The van der Waals surface area contributed by atoms with Gasteiger partial charge in [-0.25, -0.2) is 4.39 Å². The van der Waals surface area contributed by atoms with E-state index in [1.165, 1.54) is 30.0 Å². The minimum absolute atomic E-state index is 0.0259. The Labute approximate surface area is 486 Å². The Morgan fingerprint density at radius 3 is 1.26 bits per heavy atom. The van der Waals surface area contributed by atoms with E-state index in [0.29, 0.717) is 34.6 Å². The zero-order chi connectivity index (χ0) is 59.3. The second-order valence-electron chi connectivity index (χ2n) is 24.3. The van der Waals surface area contributed by atoms with Crippen LogP contribution in [0.15, 0.2) is 69.6 Å². The molecule has 22 heteroatoms. The number of nitrogen functional groups attached to an aromatic ring is 1. The number of hydrogen-bond acceptors (Lipinski definition) is 19. The first kappa shape index (κ1) is 62.9. The Hall–Kier alpha value is -5.74. The third-order valence-electron chi connectivity index (χ3n) is 15.0. The number of anilines is 1. The molecule has 440 valence electrons. The predicted molar refractivity (Wildman–Crippen MR) is 318 cm³/mol. The van der Waals surface area contributed by atoms with Gasteiger partial charge in [0.25, 0.3) is 11.4 Å². The van der Waals surface area contributed by atoms with Gasteiger partial charge in [0, 0.05) is 63.9 Å². The standard InChI is InChI=1S/C20H26N2O5S.C20H28N2O3S.C19H23FN2O4S/c1-19(2,3)27-18(23)11-17-21-20(9-5-6-13(20)12-28-17)15-10-14(22(24)25)7-8-16(15)26-4;1-19(2,3)25-18(23)11-17-22-20(9-5-6-13(20)12-26-17)15-10-14(21)7-8-16(15)24-4;1-18(2,3)26-17(23)10-16-21-19(8-4-5-12(19)11-27-16)14-9-13(22(24)25)6-7-15(14)20/h7-8,10,13H,5-6,9,11-12H2,1-4H3;7-8,10,13H,5-6,9,11-12,21H2,1-4H3;6-7,9,12H,4-5,8,10-11H2,1-3H3/t2*13-,20-;12-,19-/m000/s1. The fraction of sp³-hybridized carbons (Fsp3) is 0.593. The van der Waals surface area contributed by atoms with Crippen molar-refractivity contribution in [3.63, 3.8) is 0 Å². The number of rotatable bonds is 13. The highest BCUT2D eigenvalue weighted by molar-refractivity contribution is 8.14. The molecule has 0 saturated heterocycles. The molecule has 0 unspecified atom stereocenters. The molecule has 2 N–H and O–H groups in total. The number of esters is 3. The van der Waals surface area contributed by atoms with Crippen molar-refractivity contribution in [2.24, 2.45) is 32.7 Å². The zero-order valence-electron chi connectivity index (χ0n) is 48.3. The lowest BCUT2D eigenvalue weighted by molar-refractivity contribution is -0.385. The van der Waals surface area contributed by atoms with Gasteiger partial charge in [0.2, 0.25) is 0 Å². The quantitative estimate of drug-likeness (QED) is 0.0549. The van der Waals surface area contributed by atoms with E-state index in [-0.39, 0.29) is 71.5 Å². The molecule has 3 saturated carbocycles. The summed E-state index contributed by atoms with van der Waals surface area (Å²) in [6.07, 6.45) is 8.73. The number of nitro groups is 2. The molecule has 3 aliphatic heterocycles. The Morgan fingerprint density at radius 1 is 0.568 bits per heavy atom. The lowest BCUT2D eigenvalue weighted by Crippen LogP contribution is -2.36. The van der Waals surface area contributed by atoms with Crippen LogP contribution in [0.1, 0.15) is 156 Å². The van der Waals surface area contributed by atoms with E-state index in [1.54, 1.807) is 70.6 Å². The molecule has 6 atom stereocenters. The first-order valence-corrected chi connectivity index (χ1v) is 30.5. The molecule has 3 aliphatic carbocycles. The maximum atomic E-state index is 14.7. The van der Waals surface area contributed by atoms with Crippen LogP contribution in [0.25, 0.3) is 0 Å². The van der Waals surface area contributed by atoms with Gasteiger partial charge < -0.3 is 29.4 Å². The monoisotopic (exact) mass is 1180 g/mol. The largest absolute Gasteiger partial charge is 0.496 e. The van der Waals surface area contributed by atoms with Crippen LogP contribution >= 0.6 is 35.3 Å². The fourth-order valence-corrected chi connectivity index (χ4v) is 15.7. The number of fused-ring (bicyclic) bond motifs is 3. The smallest absolute Gasteiger partial charge is 0.312 e. The first-order valence-electron chi connectivity index (χ1n) is 27.5. The number of aliphatic imine (C=N–C) groups is 3. The average Bonchev–Trinajstić information content (AvgIpc) is 4.32. The van der Waals surface area contributed by atoms with Gasteiger partial charge in [-0.3, -0.25) is 49.6 Å². The van der Waals surface area contributed by atoms with Gasteiger partial charge in [-0.15, -0.1) is 35.3 Å². The fourth-order valence-electron chi connectivity index (χ4n) is 11.8. The summed E-state index contributed by atoms with van der Waals surface area (Å²) in [6, 6.07) is 14.0. The van der Waals surface area contributed by atoms with E-state index in [0.717, 1.165) is 95.9 Å². The molecule has 0 radical (unpaired) electrons. The van der Waals surface area contributed by atoms with Gasteiger partial charge in [0.15, 0.2) is 0 Å². The van der Waals surface area contributed by atoms with E-state index in [9.17, 15) is 39.0 Å². The Kier molecular flexibility index (Phi) is 19.7. The second-order valence-corrected chi connectivity index (χ2v) is 27.6. The third-order valence-corrected chi connectivity index (χ3v) is 18.4. The molecule has 81 heavy (non-hydrogen) atoms. The lowest BCUT2D eigenvalue weighted by atomic mass is 9.80. The molecule has 18 nitrogen and oxygen atoms in total. The summed E-state index contributed by atoms with van der Waals surface area (Å²) in [7, 11) is 3.24. The van der Waals surface area contributed by atoms with Crippen LogP contribution in [0, 0.1) is 43.8 Å². The molecule has 9 rings (SSSR count). The molecule has 0 bridgehead atoms. The predicted octanol–water partition coefficient (Wildman–Crippen LogP) is 13.2. The molecule has 3 aromatic rings. The molecule has 3 heterocycles. The SMILES string of the molecule is CC(C)(C)OC(=O)CC1=N[C@@]2(c3cc([N+](=O)[O-])ccc3F)CCC[C@H]2CS1.COc1ccc(N)cc1[C@]12CCC[C@H]1CSC(CC(=O)OC(C)(C)C)=N2.COc1ccc([N+](=O)[O-])cc1[C@]12CCC[C@H]1CSC(CC(=O)OC(C)(C)C)=N2. The van der Waals surface area contributed by atoms with Crippen molar-refractivity contribution >= 4 is 85.4 Å². The number of carbonyl (C=O) groups excluding carboxylic acids is 3. The molecule has 0 aromatic heterocycles. The van der Waals surface area contributed by atoms with E-state index in [4.69, 9.17) is 44.4 Å². The van der Waals surface area contributed by atoms with E-state index in [2.05, 4.69) is 0 Å². The minimum atomic E-state index is -0.835. The van der Waals surface area contributed by atoms with Crippen LogP contribution in [0.5, 0.6) is 11.5 Å².